The van der Waals surface area contributed by atoms with Gasteiger partial charge in [-0.1, -0.05) is 41.9 Å². The molecule has 0 bridgehead atoms. The second kappa shape index (κ2) is 6.81. The number of ether oxygens (including phenoxy) is 1. The Labute approximate surface area is 146 Å². The zero-order chi connectivity index (χ0) is 17.2. The summed E-state index contributed by atoms with van der Waals surface area (Å²) < 4.78 is 32.8. The fraction of sp³-hybridized carbons (Fsp3) is 0.111. The largest absolute Gasteiger partial charge is 0.497 e. The van der Waals surface area contributed by atoms with E-state index < -0.39 is 10.0 Å². The van der Waals surface area contributed by atoms with E-state index in [1.165, 1.54) is 0 Å². The van der Waals surface area contributed by atoms with E-state index in [4.69, 9.17) is 16.3 Å². The van der Waals surface area contributed by atoms with E-state index in [-0.39, 0.29) is 11.4 Å². The minimum absolute atomic E-state index is 0.142. The molecule has 0 amide bonds. The fourth-order valence-corrected chi connectivity index (χ4v) is 3.64. The second-order valence-electron chi connectivity index (χ2n) is 5.29. The van der Waals surface area contributed by atoms with E-state index in [9.17, 15) is 8.42 Å². The Bertz CT molecular complexity index is 986. The third kappa shape index (κ3) is 3.53. The monoisotopic (exact) mass is 361 g/mol. The van der Waals surface area contributed by atoms with Crippen LogP contribution in [0.15, 0.2) is 65.6 Å². The molecule has 0 aliphatic rings. The van der Waals surface area contributed by atoms with E-state index in [0.717, 1.165) is 22.1 Å². The first kappa shape index (κ1) is 16.8. The van der Waals surface area contributed by atoms with E-state index >= 15 is 0 Å². The van der Waals surface area contributed by atoms with Gasteiger partial charge in [0.05, 0.1) is 12.0 Å². The summed E-state index contributed by atoms with van der Waals surface area (Å²) in [5, 5.41) is 2.28. The molecule has 0 aromatic heterocycles. The molecule has 0 radical (unpaired) electrons. The van der Waals surface area contributed by atoms with Gasteiger partial charge in [0.2, 0.25) is 10.0 Å². The van der Waals surface area contributed by atoms with Gasteiger partial charge >= 0.3 is 0 Å². The fourth-order valence-electron chi connectivity index (χ4n) is 2.39. The lowest BCUT2D eigenvalue weighted by atomic mass is 10.1. The molecule has 24 heavy (non-hydrogen) atoms. The van der Waals surface area contributed by atoms with E-state index in [2.05, 4.69) is 4.72 Å². The maximum atomic E-state index is 12.5. The summed E-state index contributed by atoms with van der Waals surface area (Å²) in [7, 11) is -2.03. The predicted molar refractivity (Wildman–Crippen MR) is 96.0 cm³/mol. The third-order valence-electron chi connectivity index (χ3n) is 3.74. The molecule has 4 nitrogen and oxygen atoms in total. The minimum Gasteiger partial charge on any atom is -0.497 e. The van der Waals surface area contributed by atoms with Crippen LogP contribution in [0.1, 0.15) is 5.56 Å². The topological polar surface area (TPSA) is 55.4 Å². The molecule has 6 heteroatoms. The first-order valence-corrected chi connectivity index (χ1v) is 9.16. The number of methoxy groups -OCH3 is 1. The van der Waals surface area contributed by atoms with Gasteiger partial charge in [0.15, 0.2) is 0 Å². The van der Waals surface area contributed by atoms with Crippen molar-refractivity contribution in [3.63, 3.8) is 0 Å². The average molecular weight is 362 g/mol. The molecular weight excluding hydrogens is 346 g/mol. The minimum atomic E-state index is -3.62. The van der Waals surface area contributed by atoms with Crippen molar-refractivity contribution in [3.8, 4) is 5.75 Å². The molecule has 0 spiro atoms. The molecule has 0 heterocycles. The molecule has 0 unspecified atom stereocenters. The SMILES string of the molecule is COc1ccc2cc(S(=O)(=O)NCc3ccccc3Cl)ccc2c1. The number of hydrogen-bond donors (Lipinski definition) is 1. The summed E-state index contributed by atoms with van der Waals surface area (Å²) in [6, 6.07) is 17.6. The summed E-state index contributed by atoms with van der Waals surface area (Å²) in [6.45, 7) is 0.142. The van der Waals surface area contributed by atoms with Gasteiger partial charge in [0, 0.05) is 11.6 Å². The number of rotatable bonds is 5. The second-order valence-corrected chi connectivity index (χ2v) is 7.47. The van der Waals surface area contributed by atoms with Crippen molar-refractivity contribution in [3.05, 3.63) is 71.2 Å². The highest BCUT2D eigenvalue weighted by atomic mass is 35.5. The molecular formula is C18H16ClNO3S. The Morgan fingerprint density at radius 3 is 2.46 bits per heavy atom. The maximum Gasteiger partial charge on any atom is 0.240 e. The number of fused-ring (bicyclic) bond motifs is 1. The van der Waals surface area contributed by atoms with Crippen molar-refractivity contribution in [2.45, 2.75) is 11.4 Å². The van der Waals surface area contributed by atoms with E-state index in [1.54, 1.807) is 49.6 Å². The zero-order valence-corrected chi connectivity index (χ0v) is 14.6. The van der Waals surface area contributed by atoms with Crippen LogP contribution in [0.4, 0.5) is 0 Å². The van der Waals surface area contributed by atoms with Gasteiger partial charge in [0.1, 0.15) is 5.75 Å². The molecule has 0 aliphatic heterocycles. The normalized spacial score (nSPS) is 11.6. The van der Waals surface area contributed by atoms with E-state index in [1.807, 2.05) is 18.2 Å². The van der Waals surface area contributed by atoms with Crippen LogP contribution in [0, 0.1) is 0 Å². The first-order chi connectivity index (χ1) is 11.5. The van der Waals surface area contributed by atoms with Gasteiger partial charge < -0.3 is 4.74 Å². The van der Waals surface area contributed by atoms with Crippen molar-refractivity contribution in [1.82, 2.24) is 4.72 Å². The van der Waals surface area contributed by atoms with Crippen LogP contribution in [0.2, 0.25) is 5.02 Å². The molecule has 124 valence electrons. The van der Waals surface area contributed by atoms with Crippen molar-refractivity contribution >= 4 is 32.4 Å². The van der Waals surface area contributed by atoms with E-state index in [0.29, 0.717) is 5.02 Å². The van der Waals surface area contributed by atoms with Crippen LogP contribution >= 0.6 is 11.6 Å². The van der Waals surface area contributed by atoms with Gasteiger partial charge in [-0.3, -0.25) is 0 Å². The Morgan fingerprint density at radius 2 is 1.71 bits per heavy atom. The molecule has 3 aromatic rings. The predicted octanol–water partition coefficient (Wildman–Crippen LogP) is 3.98. The van der Waals surface area contributed by atoms with Gasteiger partial charge in [-0.2, -0.15) is 0 Å². The van der Waals surface area contributed by atoms with Gasteiger partial charge in [-0.25, -0.2) is 13.1 Å². The lowest BCUT2D eigenvalue weighted by Gasteiger charge is -2.09. The van der Waals surface area contributed by atoms with Crippen molar-refractivity contribution in [2.24, 2.45) is 0 Å². The summed E-state index contributed by atoms with van der Waals surface area (Å²) in [5.74, 6) is 0.731. The molecule has 0 saturated carbocycles. The van der Waals surface area contributed by atoms with Crippen LogP contribution in [0.25, 0.3) is 10.8 Å². The number of halogens is 1. The molecule has 0 atom stereocenters. The highest BCUT2D eigenvalue weighted by Gasteiger charge is 2.15. The number of benzene rings is 3. The Kier molecular flexibility index (Phi) is 4.76. The van der Waals surface area contributed by atoms with Crippen molar-refractivity contribution in [2.75, 3.05) is 7.11 Å². The molecule has 0 fully saturated rings. The van der Waals surface area contributed by atoms with Crippen LogP contribution in [0.5, 0.6) is 5.75 Å². The first-order valence-electron chi connectivity index (χ1n) is 7.30. The standard InChI is InChI=1S/C18H16ClNO3S/c1-23-16-8-6-14-11-17(9-7-13(14)10-16)24(21,22)20-12-15-4-2-3-5-18(15)19/h2-11,20H,12H2,1H3. The van der Waals surface area contributed by atoms with Crippen molar-refractivity contribution in [1.29, 1.82) is 0 Å². The average Bonchev–Trinajstić information content (AvgIpc) is 2.60. The van der Waals surface area contributed by atoms with Crippen LogP contribution in [-0.2, 0) is 16.6 Å². The lowest BCUT2D eigenvalue weighted by molar-refractivity contribution is 0.415. The Hall–Kier alpha value is -2.08. The van der Waals surface area contributed by atoms with Gasteiger partial charge in [-0.15, -0.1) is 0 Å². The highest BCUT2D eigenvalue weighted by molar-refractivity contribution is 7.89. The van der Waals surface area contributed by atoms with Gasteiger partial charge in [-0.05, 0) is 46.7 Å². The lowest BCUT2D eigenvalue weighted by Crippen LogP contribution is -2.23. The quantitative estimate of drug-likeness (QED) is 0.747. The zero-order valence-electron chi connectivity index (χ0n) is 13.0. The summed E-state index contributed by atoms with van der Waals surface area (Å²) in [5.41, 5.74) is 0.730. The molecule has 0 saturated heterocycles. The third-order valence-corrected chi connectivity index (χ3v) is 5.51. The van der Waals surface area contributed by atoms with Crippen LogP contribution in [-0.4, -0.2) is 15.5 Å². The van der Waals surface area contributed by atoms with Gasteiger partial charge in [0.25, 0.3) is 0 Å². The van der Waals surface area contributed by atoms with Crippen molar-refractivity contribution < 1.29 is 13.2 Å². The number of hydrogen-bond acceptors (Lipinski definition) is 3. The molecule has 1 N–H and O–H groups in total. The number of nitrogens with one attached hydrogen (secondary N) is 1. The van der Waals surface area contributed by atoms with Crippen LogP contribution < -0.4 is 9.46 Å². The Morgan fingerprint density at radius 1 is 1.00 bits per heavy atom. The molecule has 3 aromatic carbocycles. The molecule has 0 aliphatic carbocycles. The smallest absolute Gasteiger partial charge is 0.240 e. The van der Waals surface area contributed by atoms with Crippen LogP contribution in [0.3, 0.4) is 0 Å². The number of sulfonamides is 1. The highest BCUT2D eigenvalue weighted by Crippen LogP contribution is 2.24. The maximum absolute atomic E-state index is 12.5. The summed E-state index contributed by atoms with van der Waals surface area (Å²) in [6.07, 6.45) is 0. The summed E-state index contributed by atoms with van der Waals surface area (Å²) in [4.78, 5) is 0.215. The molecule has 3 rings (SSSR count). The summed E-state index contributed by atoms with van der Waals surface area (Å²) >= 11 is 6.06. The Balaban J connectivity index is 1.86.